The van der Waals surface area contributed by atoms with Gasteiger partial charge in [0.25, 0.3) is 0 Å². The fourth-order valence-corrected chi connectivity index (χ4v) is 3.24. The van der Waals surface area contributed by atoms with Crippen LogP contribution >= 0.6 is 0 Å². The van der Waals surface area contributed by atoms with Crippen molar-refractivity contribution >= 4 is 0 Å². The third-order valence-corrected chi connectivity index (χ3v) is 4.79. The second-order valence-electron chi connectivity index (χ2n) is 6.82. The van der Waals surface area contributed by atoms with Crippen molar-refractivity contribution in [3.05, 3.63) is 0 Å². The van der Waals surface area contributed by atoms with Gasteiger partial charge < -0.3 is 5.32 Å². The van der Waals surface area contributed by atoms with Gasteiger partial charge in [0.1, 0.15) is 0 Å². The molecule has 0 bridgehead atoms. The Bertz CT molecular complexity index is 244. The van der Waals surface area contributed by atoms with Crippen molar-refractivity contribution in [1.82, 2.24) is 15.1 Å². The minimum atomic E-state index is 0.333. The predicted molar refractivity (Wildman–Crippen MR) is 78.0 cm³/mol. The quantitative estimate of drug-likeness (QED) is 0.811. The van der Waals surface area contributed by atoms with Crippen molar-refractivity contribution < 1.29 is 0 Å². The maximum atomic E-state index is 3.75. The number of nitrogens with zero attached hydrogens (tertiary/aromatic N) is 2. The van der Waals surface area contributed by atoms with E-state index in [0.29, 0.717) is 5.54 Å². The maximum absolute atomic E-state index is 3.75. The van der Waals surface area contributed by atoms with E-state index in [9.17, 15) is 0 Å². The van der Waals surface area contributed by atoms with Gasteiger partial charge >= 0.3 is 0 Å². The predicted octanol–water partition coefficient (Wildman–Crippen LogP) is 1.93. The van der Waals surface area contributed by atoms with Gasteiger partial charge in [-0.25, -0.2) is 0 Å². The van der Waals surface area contributed by atoms with Gasteiger partial charge in [0.15, 0.2) is 0 Å². The summed E-state index contributed by atoms with van der Waals surface area (Å²) in [5, 5.41) is 3.75. The third kappa shape index (κ3) is 3.94. The van der Waals surface area contributed by atoms with Crippen molar-refractivity contribution in [3.63, 3.8) is 0 Å². The number of nitrogens with one attached hydrogen (secondary N) is 1. The van der Waals surface area contributed by atoms with Gasteiger partial charge in [0, 0.05) is 37.8 Å². The molecule has 0 radical (unpaired) electrons. The Labute approximate surface area is 113 Å². The van der Waals surface area contributed by atoms with Gasteiger partial charge in [-0.05, 0) is 40.3 Å². The van der Waals surface area contributed by atoms with Gasteiger partial charge in [-0.15, -0.1) is 0 Å². The molecular weight excluding hydrogens is 222 g/mol. The van der Waals surface area contributed by atoms with E-state index >= 15 is 0 Å². The van der Waals surface area contributed by atoms with Gasteiger partial charge in [-0.2, -0.15) is 0 Å². The molecule has 3 nitrogen and oxygen atoms in total. The molecule has 1 unspecified atom stereocenters. The molecular formula is C15H31N3. The molecule has 106 valence electrons. The highest BCUT2D eigenvalue weighted by Gasteiger charge is 2.31. The molecule has 0 aromatic rings. The van der Waals surface area contributed by atoms with E-state index in [-0.39, 0.29) is 0 Å². The lowest BCUT2D eigenvalue weighted by Gasteiger charge is -2.46. The zero-order chi connectivity index (χ0) is 13.0. The normalized spacial score (nSPS) is 31.8. The van der Waals surface area contributed by atoms with E-state index in [4.69, 9.17) is 0 Å². The van der Waals surface area contributed by atoms with Crippen LogP contribution in [-0.4, -0.2) is 61.2 Å². The molecule has 2 aliphatic heterocycles. The molecule has 2 heterocycles. The first-order valence-electron chi connectivity index (χ1n) is 7.75. The lowest BCUT2D eigenvalue weighted by atomic mass is 9.98. The lowest BCUT2D eigenvalue weighted by Crippen LogP contribution is -2.59. The number of likely N-dealkylation sites (N-methyl/N-ethyl adjacent to an activating group) is 1. The van der Waals surface area contributed by atoms with Crippen molar-refractivity contribution in [1.29, 1.82) is 0 Å². The summed E-state index contributed by atoms with van der Waals surface area (Å²) < 4.78 is 0. The van der Waals surface area contributed by atoms with Crippen LogP contribution in [0.3, 0.4) is 0 Å². The SMILES string of the molecule is CN1CCN(CC2CCCCCCN2)CC1(C)C. The fourth-order valence-electron chi connectivity index (χ4n) is 3.24. The highest BCUT2D eigenvalue weighted by atomic mass is 15.3. The summed E-state index contributed by atoms with van der Waals surface area (Å²) in [6, 6.07) is 0.726. The molecule has 2 aliphatic rings. The van der Waals surface area contributed by atoms with Crippen LogP contribution in [0.5, 0.6) is 0 Å². The first-order chi connectivity index (χ1) is 8.58. The molecule has 0 spiro atoms. The summed E-state index contributed by atoms with van der Waals surface area (Å²) in [6.45, 7) is 10.9. The summed E-state index contributed by atoms with van der Waals surface area (Å²) in [5.74, 6) is 0. The van der Waals surface area contributed by atoms with Crippen molar-refractivity contribution in [2.45, 2.75) is 57.5 Å². The number of piperazine rings is 1. The average Bonchev–Trinajstić information content (AvgIpc) is 2.27. The number of hydrogen-bond donors (Lipinski definition) is 1. The first kappa shape index (κ1) is 14.3. The number of hydrogen-bond acceptors (Lipinski definition) is 3. The minimum absolute atomic E-state index is 0.333. The smallest absolute Gasteiger partial charge is 0.0277 e. The van der Waals surface area contributed by atoms with E-state index in [1.807, 2.05) is 0 Å². The Kier molecular flexibility index (Phi) is 5.05. The molecule has 18 heavy (non-hydrogen) atoms. The van der Waals surface area contributed by atoms with Crippen molar-refractivity contribution in [3.8, 4) is 0 Å². The molecule has 0 saturated carbocycles. The second kappa shape index (κ2) is 6.36. The van der Waals surface area contributed by atoms with E-state index in [0.717, 1.165) is 6.04 Å². The zero-order valence-electron chi connectivity index (χ0n) is 12.5. The monoisotopic (exact) mass is 253 g/mol. The van der Waals surface area contributed by atoms with Crippen molar-refractivity contribution in [2.24, 2.45) is 0 Å². The van der Waals surface area contributed by atoms with Crippen LogP contribution in [0.4, 0.5) is 0 Å². The van der Waals surface area contributed by atoms with Crippen LogP contribution in [-0.2, 0) is 0 Å². The molecule has 0 amide bonds. The molecule has 1 atom stereocenters. The van der Waals surface area contributed by atoms with E-state index in [2.05, 4.69) is 36.0 Å². The number of rotatable bonds is 2. The Morgan fingerprint density at radius 3 is 2.67 bits per heavy atom. The summed E-state index contributed by atoms with van der Waals surface area (Å²) in [5.41, 5.74) is 0.333. The minimum Gasteiger partial charge on any atom is -0.313 e. The Morgan fingerprint density at radius 1 is 1.11 bits per heavy atom. The molecule has 3 heteroatoms. The maximum Gasteiger partial charge on any atom is 0.0277 e. The molecule has 1 N–H and O–H groups in total. The van der Waals surface area contributed by atoms with Gasteiger partial charge in [0.05, 0.1) is 0 Å². The summed E-state index contributed by atoms with van der Waals surface area (Å²) in [7, 11) is 2.26. The summed E-state index contributed by atoms with van der Waals surface area (Å²) in [6.07, 6.45) is 7.00. The Balaban J connectivity index is 1.81. The summed E-state index contributed by atoms with van der Waals surface area (Å²) in [4.78, 5) is 5.16. The van der Waals surface area contributed by atoms with Crippen LogP contribution < -0.4 is 5.32 Å². The van der Waals surface area contributed by atoms with Crippen LogP contribution in [0, 0.1) is 0 Å². The zero-order valence-corrected chi connectivity index (χ0v) is 12.5. The highest BCUT2D eigenvalue weighted by molar-refractivity contribution is 4.89. The standard InChI is InChI=1S/C15H31N3/c1-15(2)13-18(11-10-17(15)3)12-14-8-6-4-5-7-9-16-14/h14,16H,4-13H2,1-3H3. The third-order valence-electron chi connectivity index (χ3n) is 4.79. The van der Waals surface area contributed by atoms with Gasteiger partial charge in [0.2, 0.25) is 0 Å². The lowest BCUT2D eigenvalue weighted by molar-refractivity contribution is 0.0343. The van der Waals surface area contributed by atoms with Crippen LogP contribution in [0.25, 0.3) is 0 Å². The first-order valence-corrected chi connectivity index (χ1v) is 7.75. The molecule has 0 aliphatic carbocycles. The topological polar surface area (TPSA) is 18.5 Å². The molecule has 2 saturated heterocycles. The molecule has 2 rings (SSSR count). The molecule has 0 aromatic carbocycles. The largest absolute Gasteiger partial charge is 0.313 e. The molecule has 2 fully saturated rings. The fraction of sp³-hybridized carbons (Fsp3) is 1.00. The van der Waals surface area contributed by atoms with Gasteiger partial charge in [-0.3, -0.25) is 9.80 Å². The highest BCUT2D eigenvalue weighted by Crippen LogP contribution is 2.20. The average molecular weight is 253 g/mol. The van der Waals surface area contributed by atoms with Crippen LogP contribution in [0.15, 0.2) is 0 Å². The Hall–Kier alpha value is -0.120. The van der Waals surface area contributed by atoms with E-state index in [1.165, 1.54) is 64.8 Å². The van der Waals surface area contributed by atoms with Crippen LogP contribution in [0.2, 0.25) is 0 Å². The van der Waals surface area contributed by atoms with Crippen LogP contribution in [0.1, 0.15) is 46.0 Å². The van der Waals surface area contributed by atoms with Gasteiger partial charge in [-0.1, -0.05) is 19.3 Å². The summed E-state index contributed by atoms with van der Waals surface area (Å²) >= 11 is 0. The van der Waals surface area contributed by atoms with E-state index in [1.54, 1.807) is 0 Å². The Morgan fingerprint density at radius 2 is 1.89 bits per heavy atom. The molecule has 0 aromatic heterocycles. The van der Waals surface area contributed by atoms with Crippen molar-refractivity contribution in [2.75, 3.05) is 39.8 Å². The second-order valence-corrected chi connectivity index (χ2v) is 6.82. The van der Waals surface area contributed by atoms with E-state index < -0.39 is 0 Å².